The Morgan fingerprint density at radius 3 is 2.46 bits per heavy atom. The predicted octanol–water partition coefficient (Wildman–Crippen LogP) is 4.78. The molecule has 1 saturated carbocycles. The number of carbonyl (C=O) groups excluding carboxylic acids is 2. The Bertz CT molecular complexity index is 1480. The van der Waals surface area contributed by atoms with Gasteiger partial charge < -0.3 is 10.0 Å². The number of benzene rings is 1. The van der Waals surface area contributed by atoms with Crippen molar-refractivity contribution in [2.45, 2.75) is 75.7 Å². The highest BCUT2D eigenvalue weighted by Gasteiger charge is 2.49. The number of amides is 1. The van der Waals surface area contributed by atoms with Crippen LogP contribution in [0.2, 0.25) is 5.02 Å². The number of halogens is 1. The van der Waals surface area contributed by atoms with E-state index in [2.05, 4.69) is 11.9 Å². The Labute approximate surface area is 245 Å². The largest absolute Gasteiger partial charge is 0.481 e. The first-order chi connectivity index (χ1) is 19.8. The molecule has 2 aliphatic heterocycles. The van der Waals surface area contributed by atoms with E-state index < -0.39 is 5.97 Å². The molecule has 0 bridgehead atoms. The molecule has 7 rings (SSSR count). The van der Waals surface area contributed by atoms with Gasteiger partial charge in [-0.25, -0.2) is 0 Å². The van der Waals surface area contributed by atoms with E-state index in [1.807, 2.05) is 23.1 Å². The molecule has 0 radical (unpaired) electrons. The van der Waals surface area contributed by atoms with Gasteiger partial charge in [-0.15, -0.1) is 0 Å². The maximum Gasteiger partial charge on any atom is 0.306 e. The summed E-state index contributed by atoms with van der Waals surface area (Å²) < 4.78 is 1.53. The van der Waals surface area contributed by atoms with Gasteiger partial charge in [-0.1, -0.05) is 29.8 Å². The molecule has 3 fully saturated rings. The van der Waals surface area contributed by atoms with Crippen LogP contribution in [-0.2, 0) is 22.4 Å². The number of hydrogen-bond donors (Lipinski definition) is 1. The monoisotopic (exact) mass is 576 g/mol. The summed E-state index contributed by atoms with van der Waals surface area (Å²) in [4.78, 5) is 44.0. The molecule has 2 aromatic rings. The molecule has 3 atom stereocenters. The van der Waals surface area contributed by atoms with E-state index in [4.69, 9.17) is 16.7 Å². The molecular weight excluding hydrogens is 540 g/mol. The van der Waals surface area contributed by atoms with Gasteiger partial charge in [-0.2, -0.15) is 9.78 Å². The van der Waals surface area contributed by atoms with Crippen LogP contribution in [0.3, 0.4) is 0 Å². The van der Waals surface area contributed by atoms with Crippen LogP contribution in [0, 0.1) is 11.8 Å². The normalized spacial score (nSPS) is 27.9. The number of nitrogens with zero attached hydrogens (tertiary/aromatic N) is 4. The topological polar surface area (TPSA) is 95.7 Å². The number of hydrogen-bond acceptors (Lipinski definition) is 5. The lowest BCUT2D eigenvalue weighted by molar-refractivity contribution is -0.142. The quantitative estimate of drug-likeness (QED) is 0.550. The summed E-state index contributed by atoms with van der Waals surface area (Å²) in [6.07, 6.45) is 9.74. The van der Waals surface area contributed by atoms with E-state index >= 15 is 0 Å². The van der Waals surface area contributed by atoms with E-state index in [1.165, 1.54) is 4.68 Å². The van der Waals surface area contributed by atoms with Crippen molar-refractivity contribution in [3.63, 3.8) is 0 Å². The van der Waals surface area contributed by atoms with Crippen molar-refractivity contribution in [3.05, 3.63) is 57.4 Å². The molecule has 3 unspecified atom stereocenters. The van der Waals surface area contributed by atoms with Crippen LogP contribution in [0.5, 0.6) is 0 Å². The zero-order chi connectivity index (χ0) is 28.5. The van der Waals surface area contributed by atoms with Crippen molar-refractivity contribution in [1.29, 1.82) is 0 Å². The van der Waals surface area contributed by atoms with Gasteiger partial charge >= 0.3 is 5.97 Å². The summed E-state index contributed by atoms with van der Waals surface area (Å²) in [5, 5.41) is 14.8. The molecule has 2 saturated heterocycles. The van der Waals surface area contributed by atoms with Crippen molar-refractivity contribution in [3.8, 4) is 0 Å². The number of rotatable bonds is 5. The Morgan fingerprint density at radius 2 is 1.83 bits per heavy atom. The molecule has 1 amide bonds. The van der Waals surface area contributed by atoms with Crippen LogP contribution in [0.1, 0.15) is 90.2 Å². The molecule has 216 valence electrons. The molecule has 41 heavy (non-hydrogen) atoms. The van der Waals surface area contributed by atoms with Gasteiger partial charge in [0.05, 0.1) is 27.9 Å². The maximum atomic E-state index is 14.2. The SMILES string of the molecule is CN1CCC12CCN(C(=O)C1CCc3c(C4=CCC(C(=O)O)CC4)nn(C(=O)c4c(Cl)cccc4C4CC4)c3C1)C2. The van der Waals surface area contributed by atoms with Gasteiger partial charge in [-0.3, -0.25) is 19.3 Å². The highest BCUT2D eigenvalue weighted by atomic mass is 35.5. The third kappa shape index (κ3) is 4.54. The van der Waals surface area contributed by atoms with Gasteiger partial charge in [0.25, 0.3) is 5.91 Å². The number of likely N-dealkylation sites (tertiary alicyclic amines) is 2. The minimum atomic E-state index is -0.771. The van der Waals surface area contributed by atoms with E-state index in [-0.39, 0.29) is 29.2 Å². The highest BCUT2D eigenvalue weighted by molar-refractivity contribution is 6.34. The standard InChI is InChI=1S/C32H37ClN4O4/c1-35-15-13-32(35)14-16-36(18-32)29(38)22-11-12-24-26(17-22)37(34-28(24)20-7-9-21(10-8-20)31(40)41)30(39)27-23(19-5-6-19)3-2-4-25(27)33/h2-4,7,19,21-22H,5-6,8-18H2,1H3,(H,40,41). The number of likely N-dealkylation sites (N-methyl/N-ethyl adjacent to an activating group) is 1. The van der Waals surface area contributed by atoms with Gasteiger partial charge in [0, 0.05) is 43.1 Å². The smallest absolute Gasteiger partial charge is 0.306 e. The Hall–Kier alpha value is -2.97. The first-order valence-corrected chi connectivity index (χ1v) is 15.5. The van der Waals surface area contributed by atoms with Crippen LogP contribution >= 0.6 is 11.6 Å². The van der Waals surface area contributed by atoms with Crippen molar-refractivity contribution < 1.29 is 19.5 Å². The maximum absolute atomic E-state index is 14.2. The average molecular weight is 577 g/mol. The number of aromatic nitrogens is 2. The van der Waals surface area contributed by atoms with Crippen molar-refractivity contribution >= 4 is 35.0 Å². The van der Waals surface area contributed by atoms with Gasteiger partial charge in [-0.05, 0) is 88.0 Å². The lowest BCUT2D eigenvalue weighted by atomic mass is 9.82. The van der Waals surface area contributed by atoms with Crippen LogP contribution < -0.4 is 0 Å². The molecule has 3 heterocycles. The van der Waals surface area contributed by atoms with Gasteiger partial charge in [0.2, 0.25) is 5.91 Å². The summed E-state index contributed by atoms with van der Waals surface area (Å²) in [7, 11) is 2.15. The van der Waals surface area contributed by atoms with E-state index in [9.17, 15) is 19.5 Å². The third-order valence-electron chi connectivity index (χ3n) is 10.5. The number of allylic oxidation sites excluding steroid dienone is 2. The van der Waals surface area contributed by atoms with Crippen molar-refractivity contribution in [2.24, 2.45) is 11.8 Å². The average Bonchev–Trinajstić information content (AvgIpc) is 3.60. The number of carbonyl (C=O) groups is 3. The van der Waals surface area contributed by atoms with Crippen LogP contribution in [-0.4, -0.2) is 74.7 Å². The fourth-order valence-corrected chi connectivity index (χ4v) is 7.86. The van der Waals surface area contributed by atoms with Crippen LogP contribution in [0.25, 0.3) is 5.57 Å². The summed E-state index contributed by atoms with van der Waals surface area (Å²) in [6.45, 7) is 2.67. The second kappa shape index (κ2) is 10.1. The summed E-state index contributed by atoms with van der Waals surface area (Å²) in [5.41, 5.74) is 5.27. The first kappa shape index (κ1) is 26.9. The fraction of sp³-hybridized carbons (Fsp3) is 0.562. The van der Waals surface area contributed by atoms with Gasteiger partial charge in [0.15, 0.2) is 0 Å². The third-order valence-corrected chi connectivity index (χ3v) is 10.8. The molecule has 9 heteroatoms. The zero-order valence-electron chi connectivity index (χ0n) is 23.6. The molecular formula is C32H37ClN4O4. The molecule has 5 aliphatic rings. The molecule has 1 aromatic carbocycles. The van der Waals surface area contributed by atoms with E-state index in [0.717, 1.165) is 79.8 Å². The number of carboxylic acid groups (broad SMARTS) is 1. The lowest BCUT2D eigenvalue weighted by Crippen LogP contribution is -2.59. The molecule has 1 aromatic heterocycles. The summed E-state index contributed by atoms with van der Waals surface area (Å²) >= 11 is 6.66. The number of carboxylic acids is 1. The second-order valence-corrected chi connectivity index (χ2v) is 13.3. The highest BCUT2D eigenvalue weighted by Crippen LogP contribution is 2.44. The second-order valence-electron chi connectivity index (χ2n) is 12.9. The first-order valence-electron chi connectivity index (χ1n) is 15.1. The van der Waals surface area contributed by atoms with Crippen molar-refractivity contribution in [1.82, 2.24) is 19.6 Å². The number of fused-ring (bicyclic) bond motifs is 1. The van der Waals surface area contributed by atoms with Gasteiger partial charge in [0.1, 0.15) is 0 Å². The Kier molecular flexibility index (Phi) is 6.62. The minimum absolute atomic E-state index is 0.144. The van der Waals surface area contributed by atoms with Crippen LogP contribution in [0.4, 0.5) is 0 Å². The lowest BCUT2D eigenvalue weighted by Gasteiger charge is -2.48. The predicted molar refractivity (Wildman–Crippen MR) is 155 cm³/mol. The summed E-state index contributed by atoms with van der Waals surface area (Å²) in [6, 6.07) is 5.66. The molecule has 1 N–H and O–H groups in total. The minimum Gasteiger partial charge on any atom is -0.481 e. The Morgan fingerprint density at radius 1 is 1.05 bits per heavy atom. The zero-order valence-corrected chi connectivity index (χ0v) is 24.3. The van der Waals surface area contributed by atoms with Crippen molar-refractivity contribution in [2.75, 3.05) is 26.7 Å². The molecule has 1 spiro atoms. The fourth-order valence-electron chi connectivity index (χ4n) is 7.60. The van der Waals surface area contributed by atoms with E-state index in [1.54, 1.807) is 6.07 Å². The van der Waals surface area contributed by atoms with Crippen LogP contribution in [0.15, 0.2) is 24.3 Å². The molecule has 8 nitrogen and oxygen atoms in total. The summed E-state index contributed by atoms with van der Waals surface area (Å²) in [5.74, 6) is -1.05. The molecule has 3 aliphatic carbocycles. The van der Waals surface area contributed by atoms with E-state index in [0.29, 0.717) is 48.6 Å². The number of aliphatic carboxylic acids is 1. The Balaban J connectivity index is 1.23.